The van der Waals surface area contributed by atoms with Gasteiger partial charge in [0.15, 0.2) is 0 Å². The van der Waals surface area contributed by atoms with Crippen molar-refractivity contribution in [3.8, 4) is 11.1 Å². The van der Waals surface area contributed by atoms with E-state index < -0.39 is 0 Å². The van der Waals surface area contributed by atoms with Crippen LogP contribution in [-0.2, 0) is 0 Å². The maximum atomic E-state index is 6.46. The van der Waals surface area contributed by atoms with Gasteiger partial charge in [-0.2, -0.15) is 0 Å². The minimum Gasteiger partial charge on any atom is -0.455 e. The highest BCUT2D eigenvalue weighted by Crippen LogP contribution is 2.43. The highest BCUT2D eigenvalue weighted by atomic mass is 32.2. The lowest BCUT2D eigenvalue weighted by Crippen LogP contribution is -2.57. The van der Waals surface area contributed by atoms with Gasteiger partial charge in [0.1, 0.15) is 11.2 Å². The molecule has 0 amide bonds. The smallest absolute Gasteiger partial charge is 0.245 e. The Morgan fingerprint density at radius 1 is 0.600 bits per heavy atom. The maximum absolute atomic E-state index is 6.46. The van der Waals surface area contributed by atoms with Crippen LogP contribution in [0, 0.1) is 0 Å². The van der Waals surface area contributed by atoms with Gasteiger partial charge in [0, 0.05) is 25.9 Å². The van der Waals surface area contributed by atoms with Gasteiger partial charge in [-0.05, 0) is 44.9 Å². The second-order valence-electron chi connectivity index (χ2n) is 9.63. The highest BCUT2D eigenvalue weighted by molar-refractivity contribution is 8.00. The molecule has 7 aromatic rings. The first-order valence-electron chi connectivity index (χ1n) is 12.1. The molecular weight excluding hydrogens is 443 g/mol. The Morgan fingerprint density at radius 2 is 1.40 bits per heavy atom. The van der Waals surface area contributed by atoms with Gasteiger partial charge in [-0.15, -0.1) is 0 Å². The second-order valence-corrected chi connectivity index (χ2v) is 10.7. The van der Waals surface area contributed by atoms with Crippen LogP contribution in [0.3, 0.4) is 0 Å². The molecule has 0 saturated heterocycles. The van der Waals surface area contributed by atoms with E-state index in [1.807, 2.05) is 11.8 Å². The second kappa shape index (κ2) is 6.38. The van der Waals surface area contributed by atoms with Crippen LogP contribution in [0.1, 0.15) is 0 Å². The van der Waals surface area contributed by atoms with Gasteiger partial charge in [0.05, 0.1) is 0 Å². The summed E-state index contributed by atoms with van der Waals surface area (Å²) in [5, 5.41) is 7.59. The molecule has 35 heavy (non-hydrogen) atoms. The fourth-order valence-electron chi connectivity index (χ4n) is 6.50. The molecule has 6 aromatic carbocycles. The van der Waals surface area contributed by atoms with E-state index in [0.717, 1.165) is 11.2 Å². The van der Waals surface area contributed by atoms with Crippen molar-refractivity contribution < 1.29 is 4.42 Å². The number of furan rings is 1. The zero-order chi connectivity index (χ0) is 22.7. The molecule has 9 rings (SSSR count). The molecule has 1 nitrogen and oxygen atoms in total. The summed E-state index contributed by atoms with van der Waals surface area (Å²) < 4.78 is 6.46. The Labute approximate surface area is 206 Å². The molecule has 0 spiro atoms. The molecule has 0 unspecified atom stereocenters. The molecule has 3 heterocycles. The predicted molar refractivity (Wildman–Crippen MR) is 149 cm³/mol. The molecule has 2 aliphatic heterocycles. The average Bonchev–Trinajstić information content (AvgIpc) is 3.29. The number of benzene rings is 6. The molecular formula is C32H17BOS. The van der Waals surface area contributed by atoms with E-state index >= 15 is 0 Å². The van der Waals surface area contributed by atoms with Gasteiger partial charge in [-0.25, -0.2) is 0 Å². The van der Waals surface area contributed by atoms with Crippen molar-refractivity contribution in [2.24, 2.45) is 0 Å². The SMILES string of the molecule is c1cc2c3c(c1)-c1cccc4c1c(cc1c5ccccc5oc41)B3c1ccc3ccccc3c1S2. The molecule has 0 aliphatic carbocycles. The van der Waals surface area contributed by atoms with E-state index in [2.05, 4.69) is 103 Å². The fraction of sp³-hybridized carbons (Fsp3) is 0. The number of rotatable bonds is 0. The summed E-state index contributed by atoms with van der Waals surface area (Å²) in [7, 11) is 0. The van der Waals surface area contributed by atoms with Crippen LogP contribution in [0.15, 0.2) is 117 Å². The first-order chi connectivity index (χ1) is 17.4. The van der Waals surface area contributed by atoms with Gasteiger partial charge in [0.25, 0.3) is 0 Å². The zero-order valence-electron chi connectivity index (χ0n) is 18.7. The first kappa shape index (κ1) is 18.4. The van der Waals surface area contributed by atoms with Crippen molar-refractivity contribution in [1.82, 2.24) is 0 Å². The quantitative estimate of drug-likeness (QED) is 0.230. The molecule has 0 N–H and O–H groups in total. The van der Waals surface area contributed by atoms with E-state index in [9.17, 15) is 0 Å². The van der Waals surface area contributed by atoms with Gasteiger partial charge in [-0.3, -0.25) is 0 Å². The number of hydrogen-bond acceptors (Lipinski definition) is 2. The van der Waals surface area contributed by atoms with E-state index in [4.69, 9.17) is 4.42 Å². The van der Waals surface area contributed by atoms with Crippen molar-refractivity contribution in [3.05, 3.63) is 103 Å². The predicted octanol–water partition coefficient (Wildman–Crippen LogP) is 6.85. The van der Waals surface area contributed by atoms with E-state index in [0.29, 0.717) is 0 Å². The van der Waals surface area contributed by atoms with Crippen molar-refractivity contribution in [1.29, 1.82) is 0 Å². The van der Waals surface area contributed by atoms with Crippen LogP contribution < -0.4 is 16.4 Å². The summed E-state index contributed by atoms with van der Waals surface area (Å²) in [5.41, 5.74) is 8.88. The third-order valence-corrected chi connectivity index (χ3v) is 9.16. The minimum atomic E-state index is 0.206. The summed E-state index contributed by atoms with van der Waals surface area (Å²) >= 11 is 1.93. The average molecular weight is 460 g/mol. The van der Waals surface area contributed by atoms with Crippen LogP contribution >= 0.6 is 11.8 Å². The molecule has 1 aromatic heterocycles. The van der Waals surface area contributed by atoms with Crippen LogP contribution in [0.5, 0.6) is 0 Å². The molecule has 2 aliphatic rings. The van der Waals surface area contributed by atoms with Crippen LogP contribution in [-0.4, -0.2) is 6.71 Å². The van der Waals surface area contributed by atoms with Crippen molar-refractivity contribution >= 4 is 78.3 Å². The molecule has 0 radical (unpaired) electrons. The summed E-state index contributed by atoms with van der Waals surface area (Å²) in [6.45, 7) is 0.206. The lowest BCUT2D eigenvalue weighted by Gasteiger charge is -2.34. The largest absolute Gasteiger partial charge is 0.455 e. The Morgan fingerprint density at radius 3 is 2.37 bits per heavy atom. The summed E-state index contributed by atoms with van der Waals surface area (Å²) in [6, 6.07) is 37.8. The normalized spacial score (nSPS) is 13.5. The van der Waals surface area contributed by atoms with Crippen LogP contribution in [0.4, 0.5) is 0 Å². The Kier molecular flexibility index (Phi) is 3.35. The van der Waals surface area contributed by atoms with Crippen molar-refractivity contribution in [2.45, 2.75) is 9.79 Å². The fourth-order valence-corrected chi connectivity index (χ4v) is 7.80. The summed E-state index contributed by atoms with van der Waals surface area (Å²) in [6.07, 6.45) is 0. The standard InChI is InChI=1S/C32H17BOS/c1-2-8-19-18(7-1)15-16-25-32(19)35-28-14-6-11-22-21-10-5-12-23-29(21)26(33(25)30(22)28)17-24-20-9-3-4-13-27(20)34-31(23)24/h1-17H. The highest BCUT2D eigenvalue weighted by Gasteiger charge is 2.39. The molecule has 0 atom stereocenters. The summed E-state index contributed by atoms with van der Waals surface area (Å²) in [5.74, 6) is 0. The van der Waals surface area contributed by atoms with Crippen LogP contribution in [0.2, 0.25) is 0 Å². The third kappa shape index (κ3) is 2.23. The number of fused-ring (bicyclic) bond motifs is 10. The van der Waals surface area contributed by atoms with Crippen molar-refractivity contribution in [2.75, 3.05) is 0 Å². The zero-order valence-corrected chi connectivity index (χ0v) is 19.5. The molecule has 0 fully saturated rings. The van der Waals surface area contributed by atoms with Gasteiger partial charge < -0.3 is 4.42 Å². The first-order valence-corrected chi connectivity index (χ1v) is 12.9. The van der Waals surface area contributed by atoms with Gasteiger partial charge >= 0.3 is 0 Å². The Bertz CT molecular complexity index is 2050. The Balaban J connectivity index is 1.50. The van der Waals surface area contributed by atoms with Gasteiger partial charge in [-0.1, -0.05) is 114 Å². The number of para-hydroxylation sites is 1. The lowest BCUT2D eigenvalue weighted by molar-refractivity contribution is 0.673. The van der Waals surface area contributed by atoms with Crippen LogP contribution in [0.25, 0.3) is 54.6 Å². The third-order valence-electron chi connectivity index (χ3n) is 7.92. The Hall–Kier alpha value is -3.95. The maximum Gasteiger partial charge on any atom is 0.245 e. The van der Waals surface area contributed by atoms with E-state index in [-0.39, 0.29) is 6.71 Å². The minimum absolute atomic E-state index is 0.206. The van der Waals surface area contributed by atoms with E-state index in [1.54, 1.807) is 0 Å². The lowest BCUT2D eigenvalue weighted by atomic mass is 9.33. The van der Waals surface area contributed by atoms with E-state index in [1.165, 1.54) is 69.6 Å². The molecule has 160 valence electrons. The number of hydrogen-bond donors (Lipinski definition) is 0. The molecule has 0 bridgehead atoms. The van der Waals surface area contributed by atoms with Gasteiger partial charge in [0.2, 0.25) is 6.71 Å². The topological polar surface area (TPSA) is 13.1 Å². The summed E-state index contributed by atoms with van der Waals surface area (Å²) in [4.78, 5) is 2.76. The van der Waals surface area contributed by atoms with Crippen molar-refractivity contribution in [3.63, 3.8) is 0 Å². The molecule has 3 heteroatoms. The molecule has 0 saturated carbocycles. The monoisotopic (exact) mass is 460 g/mol.